The normalized spacial score (nSPS) is 25.9. The van der Waals surface area contributed by atoms with Gasteiger partial charge in [0, 0.05) is 0 Å². The molecule has 0 spiro atoms. The Kier molecular flexibility index (Phi) is 4.29. The Balaban J connectivity index is 2.28. The van der Waals surface area contributed by atoms with Gasteiger partial charge >= 0.3 is 6.09 Å². The third-order valence-electron chi connectivity index (χ3n) is 2.18. The van der Waals surface area contributed by atoms with Crippen LogP contribution in [0.4, 0.5) is 4.79 Å². The van der Waals surface area contributed by atoms with E-state index < -0.39 is 11.7 Å². The quantitative estimate of drug-likeness (QED) is 0.724. The van der Waals surface area contributed by atoms with E-state index >= 15 is 0 Å². The van der Waals surface area contributed by atoms with Crippen LogP contribution in [0.2, 0.25) is 0 Å². The fourth-order valence-electron chi connectivity index (χ4n) is 1.47. The number of carbonyl (C=O) groups is 2. The zero-order valence-electron chi connectivity index (χ0n) is 9.99. The topological polar surface area (TPSA) is 64.6 Å². The molecule has 0 bridgehead atoms. The molecule has 1 amide bonds. The maximum atomic E-state index is 11.4. The maximum absolute atomic E-state index is 11.4. The van der Waals surface area contributed by atoms with Crippen LogP contribution < -0.4 is 5.32 Å². The highest BCUT2D eigenvalue weighted by Crippen LogP contribution is 2.13. The fraction of sp³-hybridized carbons (Fsp3) is 0.818. The Morgan fingerprint density at radius 2 is 2.12 bits per heavy atom. The second kappa shape index (κ2) is 5.30. The number of rotatable bonds is 2. The van der Waals surface area contributed by atoms with Crippen molar-refractivity contribution in [2.75, 3.05) is 6.61 Å². The number of alkyl carbamates (subject to hydrolysis) is 1. The highest BCUT2D eigenvalue weighted by atomic mass is 16.6. The highest BCUT2D eigenvalue weighted by molar-refractivity contribution is 5.68. The summed E-state index contributed by atoms with van der Waals surface area (Å²) in [6, 6.07) is -0.0638. The molecule has 0 aromatic rings. The molecule has 16 heavy (non-hydrogen) atoms. The van der Waals surface area contributed by atoms with E-state index in [2.05, 4.69) is 5.32 Å². The Bertz CT molecular complexity index is 251. The first-order valence-electron chi connectivity index (χ1n) is 5.47. The van der Waals surface area contributed by atoms with Crippen LogP contribution in [0.5, 0.6) is 0 Å². The summed E-state index contributed by atoms with van der Waals surface area (Å²) in [7, 11) is 0. The largest absolute Gasteiger partial charge is 0.444 e. The molecule has 1 aliphatic heterocycles. The van der Waals surface area contributed by atoms with Gasteiger partial charge in [-0.25, -0.2) is 4.79 Å². The van der Waals surface area contributed by atoms with E-state index in [1.807, 2.05) is 20.8 Å². The predicted molar refractivity (Wildman–Crippen MR) is 58.2 cm³/mol. The third-order valence-corrected chi connectivity index (χ3v) is 2.18. The molecule has 0 aromatic carbocycles. The van der Waals surface area contributed by atoms with Crippen molar-refractivity contribution in [2.45, 2.75) is 51.4 Å². The number of hydrogen-bond acceptors (Lipinski definition) is 4. The van der Waals surface area contributed by atoms with E-state index in [0.29, 0.717) is 13.0 Å². The van der Waals surface area contributed by atoms with Crippen LogP contribution >= 0.6 is 0 Å². The summed E-state index contributed by atoms with van der Waals surface area (Å²) in [6.07, 6.45) is 1.42. The number of amides is 1. The summed E-state index contributed by atoms with van der Waals surface area (Å²) in [6.45, 7) is 5.80. The van der Waals surface area contributed by atoms with Crippen molar-refractivity contribution < 1.29 is 19.1 Å². The van der Waals surface area contributed by atoms with E-state index in [-0.39, 0.29) is 12.1 Å². The Labute approximate surface area is 95.5 Å². The van der Waals surface area contributed by atoms with Gasteiger partial charge < -0.3 is 19.6 Å². The van der Waals surface area contributed by atoms with E-state index in [9.17, 15) is 9.59 Å². The van der Waals surface area contributed by atoms with Crippen molar-refractivity contribution in [3.63, 3.8) is 0 Å². The van der Waals surface area contributed by atoms with Crippen LogP contribution in [-0.2, 0) is 14.3 Å². The van der Waals surface area contributed by atoms with Crippen molar-refractivity contribution in [1.82, 2.24) is 5.32 Å². The number of aldehydes is 1. The predicted octanol–water partition coefficient (Wildman–Crippen LogP) is 1.26. The lowest BCUT2D eigenvalue weighted by Crippen LogP contribution is -2.45. The molecule has 2 atom stereocenters. The first-order chi connectivity index (χ1) is 7.40. The molecule has 92 valence electrons. The molecule has 0 aliphatic carbocycles. The van der Waals surface area contributed by atoms with Gasteiger partial charge in [-0.2, -0.15) is 0 Å². The van der Waals surface area contributed by atoms with Gasteiger partial charge in [-0.3, -0.25) is 0 Å². The van der Waals surface area contributed by atoms with Crippen molar-refractivity contribution >= 4 is 12.4 Å². The molecule has 1 aliphatic rings. The molecular weight excluding hydrogens is 210 g/mol. The molecule has 1 saturated heterocycles. The van der Waals surface area contributed by atoms with Crippen molar-refractivity contribution in [3.05, 3.63) is 0 Å². The molecule has 0 radical (unpaired) electrons. The van der Waals surface area contributed by atoms with Gasteiger partial charge in [-0.1, -0.05) is 0 Å². The monoisotopic (exact) mass is 229 g/mol. The number of ether oxygens (including phenoxy) is 2. The van der Waals surface area contributed by atoms with E-state index in [0.717, 1.165) is 12.7 Å². The SMILES string of the molecule is CC(C)(C)OC(=O)NC1CC[C@@H](C=O)OC1. The first-order valence-corrected chi connectivity index (χ1v) is 5.47. The van der Waals surface area contributed by atoms with Gasteiger partial charge in [0.1, 0.15) is 18.0 Å². The van der Waals surface area contributed by atoms with Crippen LogP contribution in [0.1, 0.15) is 33.6 Å². The van der Waals surface area contributed by atoms with E-state index in [1.165, 1.54) is 0 Å². The number of carbonyl (C=O) groups excluding carboxylic acids is 2. The lowest BCUT2D eigenvalue weighted by Gasteiger charge is -2.28. The van der Waals surface area contributed by atoms with Gasteiger partial charge in [-0.05, 0) is 33.6 Å². The van der Waals surface area contributed by atoms with E-state index in [1.54, 1.807) is 0 Å². The smallest absolute Gasteiger partial charge is 0.407 e. The van der Waals surface area contributed by atoms with Crippen LogP contribution in [0.3, 0.4) is 0 Å². The Morgan fingerprint density at radius 3 is 2.56 bits per heavy atom. The molecule has 1 heterocycles. The van der Waals surface area contributed by atoms with Crippen molar-refractivity contribution in [2.24, 2.45) is 0 Å². The molecule has 1 fully saturated rings. The van der Waals surface area contributed by atoms with Gasteiger partial charge in [0.05, 0.1) is 12.6 Å². The molecule has 0 aromatic heterocycles. The summed E-state index contributed by atoms with van der Waals surface area (Å²) in [5, 5.41) is 2.72. The minimum absolute atomic E-state index is 0.0638. The molecule has 5 heteroatoms. The third kappa shape index (κ3) is 4.61. The van der Waals surface area contributed by atoms with Gasteiger partial charge in [0.25, 0.3) is 0 Å². The number of hydrogen-bond donors (Lipinski definition) is 1. The molecule has 1 unspecified atom stereocenters. The number of nitrogens with one attached hydrogen (secondary N) is 1. The lowest BCUT2D eigenvalue weighted by molar-refractivity contribution is -0.121. The standard InChI is InChI=1S/C11H19NO4/c1-11(2,3)16-10(14)12-8-4-5-9(6-13)15-7-8/h6,8-9H,4-5,7H2,1-3H3,(H,12,14)/t8?,9-/m0/s1. The van der Waals surface area contributed by atoms with Crippen molar-refractivity contribution in [3.8, 4) is 0 Å². The molecule has 1 rings (SSSR count). The second-order valence-electron chi connectivity index (χ2n) is 4.93. The van der Waals surface area contributed by atoms with Gasteiger partial charge in [-0.15, -0.1) is 0 Å². The van der Waals surface area contributed by atoms with Crippen LogP contribution in [0.25, 0.3) is 0 Å². The summed E-state index contributed by atoms with van der Waals surface area (Å²) in [5.41, 5.74) is -0.495. The second-order valence-corrected chi connectivity index (χ2v) is 4.93. The molecule has 0 saturated carbocycles. The van der Waals surface area contributed by atoms with Gasteiger partial charge in [0.15, 0.2) is 0 Å². The fourth-order valence-corrected chi connectivity index (χ4v) is 1.47. The molecule has 1 N–H and O–H groups in total. The van der Waals surface area contributed by atoms with Crippen LogP contribution in [0, 0.1) is 0 Å². The van der Waals surface area contributed by atoms with Crippen LogP contribution in [-0.4, -0.2) is 36.7 Å². The summed E-state index contributed by atoms with van der Waals surface area (Å²) < 4.78 is 10.4. The van der Waals surface area contributed by atoms with Gasteiger partial charge in [0.2, 0.25) is 0 Å². The molecular formula is C11H19NO4. The Morgan fingerprint density at radius 1 is 1.44 bits per heavy atom. The Hall–Kier alpha value is -1.10. The van der Waals surface area contributed by atoms with E-state index in [4.69, 9.17) is 9.47 Å². The maximum Gasteiger partial charge on any atom is 0.407 e. The minimum Gasteiger partial charge on any atom is -0.444 e. The van der Waals surface area contributed by atoms with Crippen LogP contribution in [0.15, 0.2) is 0 Å². The first kappa shape index (κ1) is 13.0. The minimum atomic E-state index is -0.495. The summed E-state index contributed by atoms with van der Waals surface area (Å²) in [4.78, 5) is 21.9. The lowest BCUT2D eigenvalue weighted by atomic mass is 10.1. The zero-order chi connectivity index (χ0) is 12.2. The summed E-state index contributed by atoms with van der Waals surface area (Å²) >= 11 is 0. The highest BCUT2D eigenvalue weighted by Gasteiger charge is 2.24. The van der Waals surface area contributed by atoms with Crippen molar-refractivity contribution in [1.29, 1.82) is 0 Å². The molecule has 5 nitrogen and oxygen atoms in total. The summed E-state index contributed by atoms with van der Waals surface area (Å²) in [5.74, 6) is 0. The average molecular weight is 229 g/mol. The average Bonchev–Trinajstić information content (AvgIpc) is 2.16. The zero-order valence-corrected chi connectivity index (χ0v) is 9.99.